The Bertz CT molecular complexity index is 1020. The van der Waals surface area contributed by atoms with Crippen LogP contribution < -0.4 is 10.1 Å². The van der Waals surface area contributed by atoms with Crippen molar-refractivity contribution in [2.45, 2.75) is 12.0 Å². The zero-order chi connectivity index (χ0) is 20.9. The number of carbonyl (C=O) groups is 1. The number of carbonyl (C=O) groups excluding carboxylic acids is 1. The third kappa shape index (κ3) is 4.74. The highest BCUT2D eigenvalue weighted by molar-refractivity contribution is 7.99. The van der Waals surface area contributed by atoms with Crippen molar-refractivity contribution in [3.05, 3.63) is 95.6 Å². The molecule has 1 aliphatic rings. The van der Waals surface area contributed by atoms with Crippen molar-refractivity contribution < 1.29 is 18.3 Å². The Morgan fingerprint density at radius 1 is 1.03 bits per heavy atom. The summed E-state index contributed by atoms with van der Waals surface area (Å²) in [5.74, 6) is -0.394. The lowest BCUT2D eigenvalue weighted by Gasteiger charge is -2.24. The second-order valence-corrected chi connectivity index (χ2v) is 8.01. The normalized spacial score (nSPS) is 15.8. The molecule has 4 rings (SSSR count). The summed E-state index contributed by atoms with van der Waals surface area (Å²) in [6, 6.07) is 20.6. The number of benzene rings is 3. The lowest BCUT2D eigenvalue weighted by Crippen LogP contribution is -2.34. The summed E-state index contributed by atoms with van der Waals surface area (Å²) >= 11 is 1.65. The number of halogens is 2. The standard InChI is InChI=1S/C23H20F2N2O2S/c24-20-11-8-18(14-21(20)25)26-23(28)27-12-13-30-22(27)17-6-9-19(10-7-17)29-15-16-4-2-1-3-5-16/h1-11,14,22H,12-13,15H2,(H,26,28)/t22-/m0/s1. The van der Waals surface area contributed by atoms with Crippen molar-refractivity contribution in [3.63, 3.8) is 0 Å². The highest BCUT2D eigenvalue weighted by Gasteiger charge is 2.30. The van der Waals surface area contributed by atoms with Gasteiger partial charge in [-0.05, 0) is 35.4 Å². The molecule has 1 saturated heterocycles. The van der Waals surface area contributed by atoms with Gasteiger partial charge in [0.05, 0.1) is 0 Å². The molecule has 4 nitrogen and oxygen atoms in total. The Hall–Kier alpha value is -3.06. The predicted octanol–water partition coefficient (Wildman–Crippen LogP) is 5.82. The number of anilines is 1. The number of hydrogen-bond donors (Lipinski definition) is 1. The van der Waals surface area contributed by atoms with Gasteiger partial charge in [0, 0.05) is 24.1 Å². The first kappa shape index (κ1) is 20.2. The maximum Gasteiger partial charge on any atom is 0.323 e. The second-order valence-electron chi connectivity index (χ2n) is 6.82. The fourth-order valence-electron chi connectivity index (χ4n) is 3.19. The predicted molar refractivity (Wildman–Crippen MR) is 114 cm³/mol. The second kappa shape index (κ2) is 9.17. The van der Waals surface area contributed by atoms with E-state index in [0.29, 0.717) is 13.2 Å². The summed E-state index contributed by atoms with van der Waals surface area (Å²) in [5, 5.41) is 2.49. The molecule has 3 aromatic carbocycles. The highest BCUT2D eigenvalue weighted by atomic mass is 32.2. The Balaban J connectivity index is 1.40. The highest BCUT2D eigenvalue weighted by Crippen LogP contribution is 2.38. The zero-order valence-electron chi connectivity index (χ0n) is 16.1. The van der Waals surface area contributed by atoms with E-state index in [1.165, 1.54) is 6.07 Å². The molecule has 0 unspecified atom stereocenters. The molecule has 0 aliphatic carbocycles. The maximum atomic E-state index is 13.4. The summed E-state index contributed by atoms with van der Waals surface area (Å²) in [4.78, 5) is 14.4. The van der Waals surface area contributed by atoms with E-state index in [2.05, 4.69) is 5.32 Å². The number of rotatable bonds is 5. The van der Waals surface area contributed by atoms with Gasteiger partial charge in [0.2, 0.25) is 0 Å². The third-order valence-electron chi connectivity index (χ3n) is 4.74. The van der Waals surface area contributed by atoms with Crippen LogP contribution in [-0.4, -0.2) is 23.2 Å². The Morgan fingerprint density at radius 3 is 2.53 bits per heavy atom. The van der Waals surface area contributed by atoms with Crippen LogP contribution in [0.4, 0.5) is 19.3 Å². The van der Waals surface area contributed by atoms with E-state index < -0.39 is 11.6 Å². The van der Waals surface area contributed by atoms with Gasteiger partial charge in [0.15, 0.2) is 11.6 Å². The Labute approximate surface area is 177 Å². The average Bonchev–Trinajstić information content (AvgIpc) is 3.26. The molecule has 0 aromatic heterocycles. The van der Waals surface area contributed by atoms with E-state index in [1.54, 1.807) is 16.7 Å². The van der Waals surface area contributed by atoms with Crippen molar-refractivity contribution in [1.82, 2.24) is 4.90 Å². The van der Waals surface area contributed by atoms with Crippen molar-refractivity contribution in [1.29, 1.82) is 0 Å². The first-order valence-corrected chi connectivity index (χ1v) is 10.6. The number of amides is 2. The average molecular weight is 426 g/mol. The van der Waals surface area contributed by atoms with Crippen LogP contribution in [0.5, 0.6) is 5.75 Å². The van der Waals surface area contributed by atoms with Crippen LogP contribution >= 0.6 is 11.8 Å². The van der Waals surface area contributed by atoms with E-state index in [9.17, 15) is 13.6 Å². The number of nitrogens with zero attached hydrogens (tertiary/aromatic N) is 1. The molecule has 2 amide bonds. The fourth-order valence-corrected chi connectivity index (χ4v) is 4.45. The van der Waals surface area contributed by atoms with Crippen LogP contribution in [0, 0.1) is 11.6 Å². The lowest BCUT2D eigenvalue weighted by molar-refractivity contribution is 0.214. The fraction of sp³-hybridized carbons (Fsp3) is 0.174. The van der Waals surface area contributed by atoms with Crippen LogP contribution in [0.15, 0.2) is 72.8 Å². The molecule has 1 heterocycles. The molecule has 30 heavy (non-hydrogen) atoms. The largest absolute Gasteiger partial charge is 0.489 e. The summed E-state index contributed by atoms with van der Waals surface area (Å²) in [6.45, 7) is 1.05. The summed E-state index contributed by atoms with van der Waals surface area (Å²) in [6.07, 6.45) is 0. The smallest absolute Gasteiger partial charge is 0.323 e. The minimum atomic E-state index is -0.994. The van der Waals surface area contributed by atoms with Gasteiger partial charge in [-0.2, -0.15) is 0 Å². The van der Waals surface area contributed by atoms with E-state index in [4.69, 9.17) is 4.74 Å². The Kier molecular flexibility index (Phi) is 6.18. The van der Waals surface area contributed by atoms with Crippen molar-refractivity contribution in [2.24, 2.45) is 0 Å². The van der Waals surface area contributed by atoms with Crippen LogP contribution in [-0.2, 0) is 6.61 Å². The molecule has 154 valence electrons. The first-order valence-electron chi connectivity index (χ1n) is 9.51. The van der Waals surface area contributed by atoms with E-state index in [0.717, 1.165) is 34.8 Å². The maximum absolute atomic E-state index is 13.4. The van der Waals surface area contributed by atoms with Gasteiger partial charge in [0.1, 0.15) is 17.7 Å². The van der Waals surface area contributed by atoms with Gasteiger partial charge in [0.25, 0.3) is 0 Å². The molecule has 1 aliphatic heterocycles. The van der Waals surface area contributed by atoms with Crippen molar-refractivity contribution in [3.8, 4) is 5.75 Å². The molecule has 0 radical (unpaired) electrons. The number of thioether (sulfide) groups is 1. The quantitative estimate of drug-likeness (QED) is 0.559. The first-order chi connectivity index (χ1) is 14.6. The van der Waals surface area contributed by atoms with Gasteiger partial charge < -0.3 is 15.0 Å². The summed E-state index contributed by atoms with van der Waals surface area (Å²) in [5.41, 5.74) is 2.29. The lowest BCUT2D eigenvalue weighted by atomic mass is 10.2. The SMILES string of the molecule is O=C(Nc1ccc(F)c(F)c1)N1CCS[C@H]1c1ccc(OCc2ccccc2)cc1. The van der Waals surface area contributed by atoms with Crippen LogP contribution in [0.3, 0.4) is 0 Å². The minimum Gasteiger partial charge on any atom is -0.489 e. The van der Waals surface area contributed by atoms with Gasteiger partial charge in [-0.25, -0.2) is 13.6 Å². The molecule has 3 aromatic rings. The van der Waals surface area contributed by atoms with Crippen LogP contribution in [0.25, 0.3) is 0 Å². The van der Waals surface area contributed by atoms with E-state index in [-0.39, 0.29) is 17.1 Å². The van der Waals surface area contributed by atoms with Crippen LogP contribution in [0.1, 0.15) is 16.5 Å². The van der Waals surface area contributed by atoms with Crippen molar-refractivity contribution >= 4 is 23.5 Å². The zero-order valence-corrected chi connectivity index (χ0v) is 16.9. The van der Waals surface area contributed by atoms with Crippen molar-refractivity contribution in [2.75, 3.05) is 17.6 Å². The van der Waals surface area contributed by atoms with Gasteiger partial charge >= 0.3 is 6.03 Å². The molecule has 0 bridgehead atoms. The Morgan fingerprint density at radius 2 is 1.80 bits per heavy atom. The number of ether oxygens (including phenoxy) is 1. The number of nitrogens with one attached hydrogen (secondary N) is 1. The van der Waals surface area contributed by atoms with Gasteiger partial charge in [-0.15, -0.1) is 11.8 Å². The molecule has 0 saturated carbocycles. The van der Waals surface area contributed by atoms with E-state index >= 15 is 0 Å². The molecule has 7 heteroatoms. The minimum absolute atomic E-state index is 0.154. The molecule has 1 atom stereocenters. The summed E-state index contributed by atoms with van der Waals surface area (Å²) < 4.78 is 32.3. The number of hydrogen-bond acceptors (Lipinski definition) is 3. The van der Waals surface area contributed by atoms with Gasteiger partial charge in [-0.1, -0.05) is 42.5 Å². The van der Waals surface area contributed by atoms with Crippen LogP contribution in [0.2, 0.25) is 0 Å². The molecular formula is C23H20F2N2O2S. The van der Waals surface area contributed by atoms with Gasteiger partial charge in [-0.3, -0.25) is 0 Å². The molecular weight excluding hydrogens is 406 g/mol. The molecule has 1 N–H and O–H groups in total. The third-order valence-corrected chi connectivity index (χ3v) is 6.00. The molecule has 0 spiro atoms. The summed E-state index contributed by atoms with van der Waals surface area (Å²) in [7, 11) is 0. The number of urea groups is 1. The molecule has 1 fully saturated rings. The van der Waals surface area contributed by atoms with E-state index in [1.807, 2.05) is 54.6 Å². The monoisotopic (exact) mass is 426 g/mol. The topological polar surface area (TPSA) is 41.6 Å².